The summed E-state index contributed by atoms with van der Waals surface area (Å²) in [5, 5.41) is 10.7. The zero-order valence-corrected chi connectivity index (χ0v) is 14.2. The second kappa shape index (κ2) is 6.42. The molecule has 0 aliphatic carbocycles. The lowest BCUT2D eigenvalue weighted by molar-refractivity contribution is 0.600. The molecule has 2 aromatic rings. The van der Waals surface area contributed by atoms with Gasteiger partial charge in [-0.2, -0.15) is 5.26 Å². The van der Waals surface area contributed by atoms with Crippen LogP contribution < -0.4 is 4.72 Å². The third-order valence-corrected chi connectivity index (χ3v) is 5.33. The van der Waals surface area contributed by atoms with E-state index in [2.05, 4.69) is 4.72 Å². The molecule has 0 radical (unpaired) electrons. The maximum absolute atomic E-state index is 12.6. The fourth-order valence-corrected chi connectivity index (χ4v) is 4.00. The molecule has 0 bridgehead atoms. The Hall–Kier alpha value is -1.97. The number of rotatable bonds is 4. The average Bonchev–Trinajstić information content (AvgIpc) is 2.44. The molecule has 0 unspecified atom stereocenters. The summed E-state index contributed by atoms with van der Waals surface area (Å²) in [5.41, 5.74) is 2.88. The molecule has 2 rings (SSSR count). The van der Waals surface area contributed by atoms with Crippen LogP contribution in [-0.2, 0) is 10.0 Å². The largest absolute Gasteiger partial charge is 0.279 e. The van der Waals surface area contributed by atoms with Gasteiger partial charge < -0.3 is 0 Å². The third kappa shape index (κ3) is 3.62. The van der Waals surface area contributed by atoms with Gasteiger partial charge in [0.25, 0.3) is 10.0 Å². The minimum Gasteiger partial charge on any atom is -0.279 e. The molecule has 0 aliphatic rings. The van der Waals surface area contributed by atoms with E-state index < -0.39 is 10.0 Å². The summed E-state index contributed by atoms with van der Waals surface area (Å²) < 4.78 is 27.8. The van der Waals surface area contributed by atoms with E-state index in [9.17, 15) is 8.42 Å². The fraction of sp³-hybridized carbons (Fsp3) is 0.188. The molecule has 0 spiro atoms. The van der Waals surface area contributed by atoms with Gasteiger partial charge in [0.15, 0.2) is 0 Å². The van der Waals surface area contributed by atoms with E-state index >= 15 is 0 Å². The Morgan fingerprint density at radius 2 is 1.77 bits per heavy atom. The molecule has 0 atom stereocenters. The average molecular weight is 332 g/mol. The summed E-state index contributed by atoms with van der Waals surface area (Å²) in [7, 11) is -3.64. The number of sulfonamides is 1. The van der Waals surface area contributed by atoms with Crippen molar-refractivity contribution in [1.82, 2.24) is 0 Å². The van der Waals surface area contributed by atoms with E-state index in [0.717, 1.165) is 27.8 Å². The summed E-state index contributed by atoms with van der Waals surface area (Å²) >= 11 is 1.05. The predicted molar refractivity (Wildman–Crippen MR) is 89.4 cm³/mol. The van der Waals surface area contributed by atoms with Gasteiger partial charge in [-0.3, -0.25) is 4.72 Å². The SMILES string of the molecule is Cc1ccc(C)c(S(=O)(=O)Nc2ccc(SC#N)cc2C)c1. The molecule has 0 fully saturated rings. The lowest BCUT2D eigenvalue weighted by Gasteiger charge is -2.13. The van der Waals surface area contributed by atoms with Crippen LogP contribution in [0.2, 0.25) is 0 Å². The van der Waals surface area contributed by atoms with Crippen LogP contribution in [-0.4, -0.2) is 8.42 Å². The highest BCUT2D eigenvalue weighted by atomic mass is 32.2. The summed E-state index contributed by atoms with van der Waals surface area (Å²) in [6.07, 6.45) is 0. The lowest BCUT2D eigenvalue weighted by atomic mass is 10.2. The second-order valence-electron chi connectivity index (χ2n) is 5.04. The number of thioether (sulfide) groups is 1. The van der Waals surface area contributed by atoms with E-state index in [0.29, 0.717) is 11.3 Å². The number of aryl methyl sites for hydroxylation is 3. The van der Waals surface area contributed by atoms with Crippen molar-refractivity contribution in [1.29, 1.82) is 5.26 Å². The van der Waals surface area contributed by atoms with Gasteiger partial charge in [0.05, 0.1) is 10.6 Å². The minimum atomic E-state index is -3.64. The first-order valence-electron chi connectivity index (χ1n) is 6.60. The maximum atomic E-state index is 12.6. The van der Waals surface area contributed by atoms with Gasteiger partial charge in [-0.15, -0.1) is 0 Å². The van der Waals surface area contributed by atoms with Gasteiger partial charge in [0.2, 0.25) is 0 Å². The number of thiocyanates is 1. The van der Waals surface area contributed by atoms with Gasteiger partial charge in [-0.1, -0.05) is 12.1 Å². The summed E-state index contributed by atoms with van der Waals surface area (Å²) in [6, 6.07) is 10.5. The van der Waals surface area contributed by atoms with E-state index in [1.54, 1.807) is 37.3 Å². The number of hydrogen-bond acceptors (Lipinski definition) is 4. The van der Waals surface area contributed by atoms with Crippen molar-refractivity contribution >= 4 is 27.5 Å². The van der Waals surface area contributed by atoms with Crippen molar-refractivity contribution in [3.63, 3.8) is 0 Å². The summed E-state index contributed by atoms with van der Waals surface area (Å²) in [5.74, 6) is 0. The molecule has 0 aromatic heterocycles. The predicted octanol–water partition coefficient (Wildman–Crippen LogP) is 3.99. The third-order valence-electron chi connectivity index (χ3n) is 3.24. The smallest absolute Gasteiger partial charge is 0.262 e. The number of anilines is 1. The zero-order chi connectivity index (χ0) is 16.3. The molecule has 4 nitrogen and oxygen atoms in total. The molecule has 22 heavy (non-hydrogen) atoms. The first-order chi connectivity index (χ1) is 10.3. The topological polar surface area (TPSA) is 70.0 Å². The van der Waals surface area contributed by atoms with Crippen molar-refractivity contribution < 1.29 is 8.42 Å². The molecule has 6 heteroatoms. The van der Waals surface area contributed by atoms with E-state index in [-0.39, 0.29) is 4.90 Å². The van der Waals surface area contributed by atoms with E-state index in [1.807, 2.05) is 25.3 Å². The first kappa shape index (κ1) is 16.4. The molecular weight excluding hydrogens is 316 g/mol. The van der Waals surface area contributed by atoms with Crippen LogP contribution in [0.5, 0.6) is 0 Å². The Bertz CT molecular complexity index is 853. The number of nitrogens with one attached hydrogen (secondary N) is 1. The highest BCUT2D eigenvalue weighted by Crippen LogP contribution is 2.26. The van der Waals surface area contributed by atoms with Crippen LogP contribution in [0.15, 0.2) is 46.2 Å². The van der Waals surface area contributed by atoms with Crippen LogP contribution in [0, 0.1) is 31.4 Å². The van der Waals surface area contributed by atoms with Crippen LogP contribution in [0.25, 0.3) is 0 Å². The second-order valence-corrected chi connectivity index (χ2v) is 7.55. The van der Waals surface area contributed by atoms with E-state index in [1.165, 1.54) is 0 Å². The standard InChI is InChI=1S/C16H16N2O2S2/c1-11-4-5-12(2)16(8-11)22(19,20)18-15-7-6-14(21-10-17)9-13(15)3/h4-9,18H,1-3H3. The summed E-state index contributed by atoms with van der Waals surface area (Å²) in [4.78, 5) is 1.07. The summed E-state index contributed by atoms with van der Waals surface area (Å²) in [6.45, 7) is 5.44. The number of nitrogens with zero attached hydrogens (tertiary/aromatic N) is 1. The Balaban J connectivity index is 2.37. The van der Waals surface area contributed by atoms with E-state index in [4.69, 9.17) is 5.26 Å². The molecule has 0 aliphatic heterocycles. The zero-order valence-electron chi connectivity index (χ0n) is 12.5. The minimum absolute atomic E-state index is 0.280. The van der Waals surface area contributed by atoms with Crippen molar-refractivity contribution in [3.8, 4) is 5.40 Å². The number of nitriles is 1. The molecule has 0 amide bonds. The van der Waals surface area contributed by atoms with Gasteiger partial charge >= 0.3 is 0 Å². The van der Waals surface area contributed by atoms with Gasteiger partial charge in [-0.05, 0) is 73.5 Å². The monoisotopic (exact) mass is 332 g/mol. The number of hydrogen-bond donors (Lipinski definition) is 1. The molecule has 1 N–H and O–H groups in total. The first-order valence-corrected chi connectivity index (χ1v) is 8.90. The number of benzene rings is 2. The highest BCUT2D eigenvalue weighted by Gasteiger charge is 2.18. The molecular formula is C16H16N2O2S2. The van der Waals surface area contributed by atoms with Crippen molar-refractivity contribution in [2.75, 3.05) is 4.72 Å². The van der Waals surface area contributed by atoms with Crippen molar-refractivity contribution in [3.05, 3.63) is 53.1 Å². The molecule has 0 saturated carbocycles. The quantitative estimate of drug-likeness (QED) is 0.679. The lowest BCUT2D eigenvalue weighted by Crippen LogP contribution is -2.15. The van der Waals surface area contributed by atoms with Crippen molar-refractivity contribution in [2.24, 2.45) is 0 Å². The molecule has 114 valence electrons. The molecule has 0 heterocycles. The van der Waals surface area contributed by atoms with Gasteiger partial charge in [-0.25, -0.2) is 8.42 Å². The van der Waals surface area contributed by atoms with Crippen LogP contribution >= 0.6 is 11.8 Å². The Morgan fingerprint density at radius 1 is 1.05 bits per heavy atom. The van der Waals surface area contributed by atoms with Crippen LogP contribution in [0.1, 0.15) is 16.7 Å². The van der Waals surface area contributed by atoms with Crippen LogP contribution in [0.3, 0.4) is 0 Å². The van der Waals surface area contributed by atoms with Crippen LogP contribution in [0.4, 0.5) is 5.69 Å². The normalized spacial score (nSPS) is 11.0. The Kier molecular flexibility index (Phi) is 4.79. The van der Waals surface area contributed by atoms with Crippen molar-refractivity contribution in [2.45, 2.75) is 30.6 Å². The van der Waals surface area contributed by atoms with Gasteiger partial charge in [0, 0.05) is 4.90 Å². The molecule has 2 aromatic carbocycles. The Labute approximate surface area is 135 Å². The van der Waals surface area contributed by atoms with Gasteiger partial charge in [0.1, 0.15) is 5.40 Å². The fourth-order valence-electron chi connectivity index (χ4n) is 2.06. The highest BCUT2D eigenvalue weighted by molar-refractivity contribution is 8.03. The Morgan fingerprint density at radius 3 is 2.41 bits per heavy atom. The maximum Gasteiger partial charge on any atom is 0.262 e. The molecule has 0 saturated heterocycles.